The van der Waals surface area contributed by atoms with Crippen LogP contribution in [0.4, 0.5) is 0 Å². The third-order valence-electron chi connectivity index (χ3n) is 5.26. The van der Waals surface area contributed by atoms with Crippen molar-refractivity contribution in [2.24, 2.45) is 0 Å². The molecule has 8 nitrogen and oxygen atoms in total. The Balaban J connectivity index is 1.28. The largest absolute Gasteiger partial charge is 0.355 e. The van der Waals surface area contributed by atoms with Crippen LogP contribution in [0, 0.1) is 0 Å². The van der Waals surface area contributed by atoms with Crippen molar-refractivity contribution >= 4 is 11.8 Å². The quantitative estimate of drug-likeness (QED) is 0.404. The van der Waals surface area contributed by atoms with Gasteiger partial charge in [-0.15, -0.1) is 0 Å². The summed E-state index contributed by atoms with van der Waals surface area (Å²) in [6, 6.07) is 22.2. The smallest absolute Gasteiger partial charge is 0.275 e. The number of rotatable bonds is 8. The summed E-state index contributed by atoms with van der Waals surface area (Å²) >= 11 is 0. The van der Waals surface area contributed by atoms with E-state index in [9.17, 15) is 9.59 Å². The minimum atomic E-state index is -0.237. The number of hydrogen-bond acceptors (Lipinski definition) is 6. The Morgan fingerprint density at radius 2 is 1.09 bits per heavy atom. The number of carbonyl (C=O) groups excluding carboxylic acids is 2. The summed E-state index contributed by atoms with van der Waals surface area (Å²) in [7, 11) is 3.40. The Morgan fingerprint density at radius 1 is 0.697 bits per heavy atom. The molecule has 0 unspecified atom stereocenters. The zero-order valence-electron chi connectivity index (χ0n) is 18.5. The van der Waals surface area contributed by atoms with Crippen LogP contribution >= 0.6 is 0 Å². The van der Waals surface area contributed by atoms with Crippen LogP contribution in [0.3, 0.4) is 0 Å². The van der Waals surface area contributed by atoms with Crippen molar-refractivity contribution in [1.29, 1.82) is 0 Å². The molecule has 2 heterocycles. The molecule has 0 saturated carbocycles. The lowest BCUT2D eigenvalue weighted by molar-refractivity contribution is 0.0754. The second-order valence-electron chi connectivity index (χ2n) is 7.69. The molecule has 0 radical (unpaired) electrons. The number of benzene rings is 2. The Kier molecular flexibility index (Phi) is 6.64. The summed E-state index contributed by atoms with van der Waals surface area (Å²) in [4.78, 5) is 28.4. The summed E-state index contributed by atoms with van der Waals surface area (Å²) in [6.45, 7) is 0.913. The van der Waals surface area contributed by atoms with Crippen molar-refractivity contribution in [1.82, 2.24) is 20.1 Å². The number of carbonyl (C=O) groups is 2. The second kappa shape index (κ2) is 9.95. The highest BCUT2D eigenvalue weighted by atomic mass is 16.5. The van der Waals surface area contributed by atoms with Crippen molar-refractivity contribution in [2.75, 3.05) is 27.2 Å². The first kappa shape index (κ1) is 22.0. The van der Waals surface area contributed by atoms with Gasteiger partial charge >= 0.3 is 0 Å². The molecule has 2 aromatic heterocycles. The molecule has 4 rings (SSSR count). The summed E-state index contributed by atoms with van der Waals surface area (Å²) in [5.74, 6) is 0.609. The lowest BCUT2D eigenvalue weighted by Gasteiger charge is -2.19. The molecule has 4 aromatic rings. The highest BCUT2D eigenvalue weighted by molar-refractivity contribution is 5.93. The van der Waals surface area contributed by atoms with Crippen LogP contribution in [0.15, 0.2) is 81.8 Å². The first-order chi connectivity index (χ1) is 16.0. The van der Waals surface area contributed by atoms with E-state index in [4.69, 9.17) is 9.05 Å². The maximum Gasteiger partial charge on any atom is 0.275 e. The molecule has 0 saturated heterocycles. The van der Waals surface area contributed by atoms with E-state index in [1.54, 1.807) is 36.0 Å². The first-order valence-corrected chi connectivity index (χ1v) is 10.6. The van der Waals surface area contributed by atoms with Crippen LogP contribution < -0.4 is 0 Å². The molecule has 0 atom stereocenters. The van der Waals surface area contributed by atoms with E-state index in [0.29, 0.717) is 31.0 Å². The van der Waals surface area contributed by atoms with Crippen molar-refractivity contribution in [3.05, 3.63) is 84.2 Å². The van der Waals surface area contributed by atoms with Gasteiger partial charge in [-0.1, -0.05) is 71.0 Å². The van der Waals surface area contributed by atoms with Gasteiger partial charge in [0.05, 0.1) is 0 Å². The Labute approximate surface area is 191 Å². The average Bonchev–Trinajstić information content (AvgIpc) is 3.54. The fraction of sp³-hybridized carbons (Fsp3) is 0.200. The van der Waals surface area contributed by atoms with Gasteiger partial charge in [-0.3, -0.25) is 9.59 Å². The molecule has 0 aliphatic rings. The molecule has 0 aliphatic heterocycles. The summed E-state index contributed by atoms with van der Waals surface area (Å²) < 4.78 is 10.6. The van der Waals surface area contributed by atoms with Gasteiger partial charge in [0.1, 0.15) is 0 Å². The highest BCUT2D eigenvalue weighted by Gasteiger charge is 2.20. The summed E-state index contributed by atoms with van der Waals surface area (Å²) in [5.41, 5.74) is 2.21. The normalized spacial score (nSPS) is 10.7. The van der Waals surface area contributed by atoms with Gasteiger partial charge in [0.15, 0.2) is 22.9 Å². The van der Waals surface area contributed by atoms with Crippen molar-refractivity contribution in [2.45, 2.75) is 6.42 Å². The maximum atomic E-state index is 12.7. The molecular formula is C25H24N4O4. The fourth-order valence-electron chi connectivity index (χ4n) is 3.37. The van der Waals surface area contributed by atoms with E-state index in [1.807, 2.05) is 60.7 Å². The zero-order valence-corrected chi connectivity index (χ0v) is 18.5. The van der Waals surface area contributed by atoms with Crippen LogP contribution in [0.5, 0.6) is 0 Å². The van der Waals surface area contributed by atoms with Crippen LogP contribution in [0.2, 0.25) is 0 Å². The highest BCUT2D eigenvalue weighted by Crippen LogP contribution is 2.21. The topological polar surface area (TPSA) is 92.7 Å². The lowest BCUT2D eigenvalue weighted by Crippen LogP contribution is -2.33. The monoisotopic (exact) mass is 444 g/mol. The average molecular weight is 444 g/mol. The van der Waals surface area contributed by atoms with Crippen molar-refractivity contribution < 1.29 is 18.6 Å². The molecule has 0 spiro atoms. The molecule has 168 valence electrons. The Hall–Kier alpha value is -4.20. The van der Waals surface area contributed by atoms with E-state index in [2.05, 4.69) is 10.3 Å². The molecular weight excluding hydrogens is 420 g/mol. The molecule has 2 amide bonds. The van der Waals surface area contributed by atoms with E-state index < -0.39 is 0 Å². The van der Waals surface area contributed by atoms with Crippen LogP contribution in [-0.4, -0.2) is 59.1 Å². The van der Waals surface area contributed by atoms with Gasteiger partial charge in [0.25, 0.3) is 11.8 Å². The van der Waals surface area contributed by atoms with E-state index in [1.165, 1.54) is 0 Å². The lowest BCUT2D eigenvalue weighted by atomic mass is 10.1. The fourth-order valence-corrected chi connectivity index (χ4v) is 3.37. The molecule has 0 aliphatic carbocycles. The van der Waals surface area contributed by atoms with Gasteiger partial charge < -0.3 is 18.8 Å². The minimum Gasteiger partial charge on any atom is -0.355 e. The third kappa shape index (κ3) is 5.17. The molecule has 2 aromatic carbocycles. The second-order valence-corrected chi connectivity index (χ2v) is 7.69. The Bertz CT molecular complexity index is 1120. The SMILES string of the molecule is CN(CCCN(C)C(=O)c1cc(-c2ccccc2)on1)C(=O)c1cc(-c2ccccc2)on1. The number of nitrogens with zero attached hydrogens (tertiary/aromatic N) is 4. The van der Waals surface area contributed by atoms with Crippen molar-refractivity contribution in [3.8, 4) is 22.6 Å². The number of aromatic nitrogens is 2. The van der Waals surface area contributed by atoms with Gasteiger partial charge in [-0.25, -0.2) is 0 Å². The molecule has 0 N–H and O–H groups in total. The van der Waals surface area contributed by atoms with Gasteiger partial charge in [-0.2, -0.15) is 0 Å². The van der Waals surface area contributed by atoms with Gasteiger partial charge in [-0.05, 0) is 6.42 Å². The molecule has 33 heavy (non-hydrogen) atoms. The summed E-state index contributed by atoms with van der Waals surface area (Å²) in [5, 5.41) is 7.81. The minimum absolute atomic E-state index is 0.237. The Morgan fingerprint density at radius 3 is 1.48 bits per heavy atom. The first-order valence-electron chi connectivity index (χ1n) is 10.6. The molecule has 0 bridgehead atoms. The number of hydrogen-bond donors (Lipinski definition) is 0. The van der Waals surface area contributed by atoms with Crippen LogP contribution in [-0.2, 0) is 0 Å². The predicted molar refractivity (Wildman–Crippen MR) is 122 cm³/mol. The standard InChI is InChI=1S/C25H24N4O4/c1-28(24(30)20-16-22(32-26-20)18-10-5-3-6-11-18)14-9-15-29(2)25(31)21-17-23(33-27-21)19-12-7-4-8-13-19/h3-8,10-13,16-17H,9,14-15H2,1-2H3. The predicted octanol–water partition coefficient (Wildman–Crippen LogP) is 4.23. The van der Waals surface area contributed by atoms with Crippen LogP contribution in [0.1, 0.15) is 27.4 Å². The van der Waals surface area contributed by atoms with Crippen LogP contribution in [0.25, 0.3) is 22.6 Å². The maximum absolute atomic E-state index is 12.7. The third-order valence-corrected chi connectivity index (χ3v) is 5.26. The van der Waals surface area contributed by atoms with E-state index in [0.717, 1.165) is 11.1 Å². The van der Waals surface area contributed by atoms with Gasteiger partial charge in [0.2, 0.25) is 0 Å². The zero-order chi connectivity index (χ0) is 23.2. The summed E-state index contributed by atoms with van der Waals surface area (Å²) in [6.07, 6.45) is 0.595. The van der Waals surface area contributed by atoms with E-state index >= 15 is 0 Å². The van der Waals surface area contributed by atoms with E-state index in [-0.39, 0.29) is 23.2 Å². The molecule has 0 fully saturated rings. The molecule has 8 heteroatoms. The van der Waals surface area contributed by atoms with Gasteiger partial charge in [0, 0.05) is 50.4 Å². The number of amides is 2. The van der Waals surface area contributed by atoms with Crippen molar-refractivity contribution in [3.63, 3.8) is 0 Å².